The van der Waals surface area contributed by atoms with Gasteiger partial charge in [0, 0.05) is 28.4 Å². The zero-order valence-corrected chi connectivity index (χ0v) is 19.0. The van der Waals surface area contributed by atoms with Gasteiger partial charge in [0.05, 0.1) is 17.0 Å². The highest BCUT2D eigenvalue weighted by Gasteiger charge is 2.38. The first-order chi connectivity index (χ1) is 15.6. The largest absolute Gasteiger partial charge is 0.490 e. The molecule has 3 heterocycles. The van der Waals surface area contributed by atoms with E-state index in [1.165, 1.54) is 11.8 Å². The molecule has 0 bridgehead atoms. The summed E-state index contributed by atoms with van der Waals surface area (Å²) >= 11 is 7.96. The number of halogens is 4. The van der Waals surface area contributed by atoms with Crippen LogP contribution in [0.1, 0.15) is 19.5 Å². The van der Waals surface area contributed by atoms with Gasteiger partial charge in [-0.15, -0.1) is 0 Å². The van der Waals surface area contributed by atoms with E-state index in [1.54, 1.807) is 6.20 Å². The number of aryl methyl sites for hydroxylation is 1. The number of ether oxygens (including phenoxy) is 1. The molecule has 0 fully saturated rings. The molecule has 0 aliphatic rings. The van der Waals surface area contributed by atoms with Crippen LogP contribution in [0.4, 0.5) is 13.2 Å². The lowest BCUT2D eigenvalue weighted by Crippen LogP contribution is -2.21. The fraction of sp³-hybridized carbons (Fsp3) is 0.238. The summed E-state index contributed by atoms with van der Waals surface area (Å²) in [7, 11) is 0. The maximum Gasteiger partial charge on any atom is 0.490 e. The molecular formula is C21H18ClF3N4O3S. The number of nitrogens with one attached hydrogen (secondary N) is 1. The minimum Gasteiger partial charge on any atom is -0.477 e. The van der Waals surface area contributed by atoms with E-state index >= 15 is 0 Å². The molecule has 0 saturated carbocycles. The van der Waals surface area contributed by atoms with Crippen molar-refractivity contribution in [3.8, 4) is 5.88 Å². The third-order valence-corrected chi connectivity index (χ3v) is 5.58. The van der Waals surface area contributed by atoms with E-state index in [1.807, 2.05) is 26.1 Å². The van der Waals surface area contributed by atoms with E-state index in [0.29, 0.717) is 28.3 Å². The Labute approximate surface area is 195 Å². The van der Waals surface area contributed by atoms with Crippen molar-refractivity contribution in [2.75, 3.05) is 6.61 Å². The van der Waals surface area contributed by atoms with Gasteiger partial charge < -0.3 is 14.8 Å². The number of aromatic nitrogens is 4. The molecule has 0 unspecified atom stereocenters. The molecule has 0 spiro atoms. The number of aromatic amines is 1. The van der Waals surface area contributed by atoms with Crippen molar-refractivity contribution in [1.82, 2.24) is 19.9 Å². The summed E-state index contributed by atoms with van der Waals surface area (Å²) in [6.45, 7) is 4.49. The standard InChI is InChI=1S/C19H17ClN4OS.C2HF3O2/c1-3-14-16(20)15-17(22-14)23-19(24-18(15)25-4-2)26-13-6-5-11-7-8-21-10-12(11)9-13;3-2(4,5)1(6)7/h5-10H,3-4H2,1-2H3,(H,22,23,24);(H,6,7). The summed E-state index contributed by atoms with van der Waals surface area (Å²) in [4.78, 5) is 26.6. The third kappa shape index (κ3) is 5.85. The van der Waals surface area contributed by atoms with Gasteiger partial charge >= 0.3 is 12.1 Å². The lowest BCUT2D eigenvalue weighted by Gasteiger charge is -2.07. The summed E-state index contributed by atoms with van der Waals surface area (Å²) in [6, 6.07) is 8.20. The highest BCUT2D eigenvalue weighted by Crippen LogP contribution is 2.36. The zero-order valence-electron chi connectivity index (χ0n) is 17.4. The zero-order chi connectivity index (χ0) is 24.2. The van der Waals surface area contributed by atoms with Crippen molar-refractivity contribution in [3.63, 3.8) is 0 Å². The Kier molecular flexibility index (Phi) is 7.65. The number of pyridine rings is 1. The second kappa shape index (κ2) is 10.3. The molecule has 3 aromatic heterocycles. The number of aliphatic carboxylic acids is 1. The molecule has 174 valence electrons. The Hall–Kier alpha value is -3.05. The minimum absolute atomic E-state index is 0.515. The average molecular weight is 499 g/mol. The van der Waals surface area contributed by atoms with Crippen LogP contribution in [0.3, 0.4) is 0 Å². The van der Waals surface area contributed by atoms with Crippen LogP contribution in [0.2, 0.25) is 5.02 Å². The van der Waals surface area contributed by atoms with Crippen LogP contribution < -0.4 is 4.74 Å². The van der Waals surface area contributed by atoms with Crippen molar-refractivity contribution in [2.24, 2.45) is 0 Å². The second-order valence-corrected chi connectivity index (χ2v) is 7.95. The van der Waals surface area contributed by atoms with Crippen LogP contribution in [-0.2, 0) is 11.2 Å². The summed E-state index contributed by atoms with van der Waals surface area (Å²) in [5.74, 6) is -2.24. The van der Waals surface area contributed by atoms with E-state index in [4.69, 9.17) is 26.2 Å². The molecule has 12 heteroatoms. The molecule has 0 amide bonds. The van der Waals surface area contributed by atoms with Gasteiger partial charge in [0.15, 0.2) is 5.16 Å². The molecule has 0 radical (unpaired) electrons. The van der Waals surface area contributed by atoms with Crippen molar-refractivity contribution in [1.29, 1.82) is 0 Å². The molecule has 1 aromatic carbocycles. The highest BCUT2D eigenvalue weighted by atomic mass is 35.5. The van der Waals surface area contributed by atoms with Gasteiger partial charge in [0.25, 0.3) is 0 Å². The van der Waals surface area contributed by atoms with Gasteiger partial charge in [0.2, 0.25) is 5.88 Å². The summed E-state index contributed by atoms with van der Waals surface area (Å²) in [5.41, 5.74) is 1.64. The quantitative estimate of drug-likeness (QED) is 0.330. The lowest BCUT2D eigenvalue weighted by molar-refractivity contribution is -0.192. The van der Waals surface area contributed by atoms with Gasteiger partial charge in [-0.2, -0.15) is 18.2 Å². The number of carbonyl (C=O) groups is 1. The molecule has 4 aromatic rings. The number of benzene rings is 1. The predicted octanol–water partition coefficient (Wildman–Crippen LogP) is 5.91. The van der Waals surface area contributed by atoms with Crippen molar-refractivity contribution >= 4 is 51.1 Å². The maximum absolute atomic E-state index is 10.6. The third-order valence-electron chi connectivity index (χ3n) is 4.31. The summed E-state index contributed by atoms with van der Waals surface area (Å²) < 4.78 is 37.5. The van der Waals surface area contributed by atoms with Gasteiger partial charge in [-0.1, -0.05) is 24.6 Å². The van der Waals surface area contributed by atoms with Gasteiger partial charge in [-0.3, -0.25) is 4.98 Å². The number of hydrogen-bond acceptors (Lipinski definition) is 6. The number of H-pyrrole nitrogens is 1. The molecule has 33 heavy (non-hydrogen) atoms. The van der Waals surface area contributed by atoms with E-state index < -0.39 is 12.1 Å². The lowest BCUT2D eigenvalue weighted by atomic mass is 10.2. The van der Waals surface area contributed by atoms with Gasteiger partial charge in [-0.25, -0.2) is 9.78 Å². The topological polar surface area (TPSA) is 101 Å². The van der Waals surface area contributed by atoms with Crippen LogP contribution in [0, 0.1) is 0 Å². The van der Waals surface area contributed by atoms with E-state index in [-0.39, 0.29) is 0 Å². The van der Waals surface area contributed by atoms with Crippen LogP contribution in [0.25, 0.3) is 21.8 Å². The molecule has 0 saturated heterocycles. The van der Waals surface area contributed by atoms with E-state index in [0.717, 1.165) is 33.2 Å². The predicted molar refractivity (Wildman–Crippen MR) is 119 cm³/mol. The van der Waals surface area contributed by atoms with Crippen molar-refractivity contribution in [3.05, 3.63) is 47.4 Å². The normalized spacial score (nSPS) is 11.3. The van der Waals surface area contributed by atoms with Crippen LogP contribution in [-0.4, -0.2) is 43.8 Å². The first-order valence-electron chi connectivity index (χ1n) is 9.66. The number of alkyl halides is 3. The first kappa shape index (κ1) is 24.6. The average Bonchev–Trinajstić information content (AvgIpc) is 3.09. The second-order valence-electron chi connectivity index (χ2n) is 6.53. The molecule has 4 rings (SSSR count). The van der Waals surface area contributed by atoms with Crippen LogP contribution in [0.5, 0.6) is 5.88 Å². The minimum atomic E-state index is -5.08. The number of fused-ring (bicyclic) bond motifs is 2. The Morgan fingerprint density at radius 3 is 2.58 bits per heavy atom. The van der Waals surface area contributed by atoms with Gasteiger partial charge in [0.1, 0.15) is 5.65 Å². The van der Waals surface area contributed by atoms with Gasteiger partial charge in [-0.05, 0) is 48.7 Å². The fourth-order valence-electron chi connectivity index (χ4n) is 2.82. The van der Waals surface area contributed by atoms with Crippen molar-refractivity contribution in [2.45, 2.75) is 36.5 Å². The SMILES string of the molecule is CCOc1nc(Sc2ccc3ccncc3c2)nc2[nH]c(CC)c(Cl)c12.O=C(O)C(F)(F)F. The summed E-state index contributed by atoms with van der Waals surface area (Å²) in [5, 5.41) is 11.4. The molecule has 2 N–H and O–H groups in total. The highest BCUT2D eigenvalue weighted by molar-refractivity contribution is 7.99. The van der Waals surface area contributed by atoms with E-state index in [9.17, 15) is 13.2 Å². The molecular weight excluding hydrogens is 481 g/mol. The summed E-state index contributed by atoms with van der Waals surface area (Å²) in [6.07, 6.45) is -0.644. The smallest absolute Gasteiger partial charge is 0.477 e. The number of rotatable bonds is 5. The number of carboxylic acids is 1. The van der Waals surface area contributed by atoms with E-state index in [2.05, 4.69) is 38.1 Å². The monoisotopic (exact) mass is 498 g/mol. The molecule has 0 atom stereocenters. The van der Waals surface area contributed by atoms with Crippen molar-refractivity contribution < 1.29 is 27.8 Å². The van der Waals surface area contributed by atoms with Crippen LogP contribution >= 0.6 is 23.4 Å². The Bertz CT molecular complexity index is 1300. The van der Waals surface area contributed by atoms with Crippen LogP contribution in [0.15, 0.2) is 46.7 Å². The Morgan fingerprint density at radius 1 is 1.21 bits per heavy atom. The molecule has 0 aliphatic carbocycles. The maximum atomic E-state index is 10.6. The first-order valence-corrected chi connectivity index (χ1v) is 10.9. The molecule has 7 nitrogen and oxygen atoms in total. The number of carboxylic acid groups (broad SMARTS) is 1. The number of hydrogen-bond donors (Lipinski definition) is 2. The number of nitrogens with zero attached hydrogens (tertiary/aromatic N) is 3. The fourth-order valence-corrected chi connectivity index (χ4v) is 3.97. The Morgan fingerprint density at radius 2 is 1.94 bits per heavy atom. The molecule has 0 aliphatic heterocycles. The Balaban J connectivity index is 0.000000383.